The molecule has 1 aromatic heterocycles. The van der Waals surface area contributed by atoms with Crippen LogP contribution >= 0.6 is 35.4 Å². The SMILES string of the molecule is COc1cc(OC)c(NC(=S)Nc2ccc(NC(=O)c3snnc3-c3ccccc3)cc2)cc1Cl. The molecule has 0 aliphatic rings. The van der Waals surface area contributed by atoms with Gasteiger partial charge in [-0.3, -0.25) is 4.79 Å². The second kappa shape index (κ2) is 11.1. The fourth-order valence-electron chi connectivity index (χ4n) is 3.19. The topological polar surface area (TPSA) is 97.4 Å². The molecule has 3 aromatic carbocycles. The number of anilines is 3. The van der Waals surface area contributed by atoms with Crippen LogP contribution in [0.2, 0.25) is 5.02 Å². The molecule has 0 saturated carbocycles. The van der Waals surface area contributed by atoms with E-state index in [1.165, 1.54) is 7.11 Å². The Balaban J connectivity index is 1.40. The molecule has 0 aliphatic carbocycles. The number of carbonyl (C=O) groups excluding carboxylic acids is 1. The molecule has 0 atom stereocenters. The average molecular weight is 526 g/mol. The van der Waals surface area contributed by atoms with Crippen molar-refractivity contribution < 1.29 is 14.3 Å². The van der Waals surface area contributed by atoms with Gasteiger partial charge in [-0.15, -0.1) is 5.10 Å². The molecule has 0 spiro atoms. The molecule has 35 heavy (non-hydrogen) atoms. The molecule has 4 aromatic rings. The summed E-state index contributed by atoms with van der Waals surface area (Å²) >= 11 is 12.7. The van der Waals surface area contributed by atoms with Gasteiger partial charge in [-0.25, -0.2) is 0 Å². The normalized spacial score (nSPS) is 10.4. The number of halogens is 1. The molecule has 4 rings (SSSR count). The Hall–Kier alpha value is -3.73. The Kier molecular flexibility index (Phi) is 7.76. The number of ether oxygens (including phenoxy) is 2. The zero-order chi connectivity index (χ0) is 24.8. The Labute approximate surface area is 216 Å². The Morgan fingerprint density at radius 1 is 0.914 bits per heavy atom. The zero-order valence-corrected chi connectivity index (χ0v) is 21.1. The van der Waals surface area contributed by atoms with Gasteiger partial charge in [0.05, 0.1) is 24.9 Å². The summed E-state index contributed by atoms with van der Waals surface area (Å²) in [5, 5.41) is 13.9. The van der Waals surface area contributed by atoms with Gasteiger partial charge in [-0.05, 0) is 54.1 Å². The molecule has 0 fully saturated rings. The van der Waals surface area contributed by atoms with Gasteiger partial charge in [-0.2, -0.15) is 0 Å². The van der Waals surface area contributed by atoms with Gasteiger partial charge < -0.3 is 25.4 Å². The lowest BCUT2D eigenvalue weighted by atomic mass is 10.1. The minimum atomic E-state index is -0.278. The fraction of sp³-hybridized carbons (Fsp3) is 0.0833. The molecular formula is C24H20ClN5O3S2. The molecule has 0 saturated heterocycles. The van der Waals surface area contributed by atoms with Crippen LogP contribution in [0.25, 0.3) is 11.3 Å². The minimum absolute atomic E-state index is 0.278. The highest BCUT2D eigenvalue weighted by Gasteiger charge is 2.18. The van der Waals surface area contributed by atoms with Gasteiger partial charge in [0.25, 0.3) is 5.91 Å². The number of carbonyl (C=O) groups is 1. The predicted octanol–water partition coefficient (Wildman–Crippen LogP) is 5.94. The third kappa shape index (κ3) is 5.86. The molecule has 178 valence electrons. The smallest absolute Gasteiger partial charge is 0.269 e. The number of methoxy groups -OCH3 is 2. The van der Waals surface area contributed by atoms with E-state index in [0.29, 0.717) is 43.6 Å². The molecule has 1 heterocycles. The fourth-order valence-corrected chi connectivity index (χ4v) is 4.24. The van der Waals surface area contributed by atoms with Crippen LogP contribution in [0.1, 0.15) is 9.67 Å². The maximum absolute atomic E-state index is 12.8. The number of hydrogen-bond acceptors (Lipinski definition) is 7. The first-order valence-corrected chi connectivity index (χ1v) is 11.8. The molecule has 0 unspecified atom stereocenters. The van der Waals surface area contributed by atoms with E-state index in [9.17, 15) is 4.79 Å². The van der Waals surface area contributed by atoms with Crippen LogP contribution in [0.4, 0.5) is 17.1 Å². The van der Waals surface area contributed by atoms with E-state index in [0.717, 1.165) is 22.8 Å². The highest BCUT2D eigenvalue weighted by atomic mass is 35.5. The van der Waals surface area contributed by atoms with Crippen LogP contribution < -0.4 is 25.4 Å². The number of nitrogens with zero attached hydrogens (tertiary/aromatic N) is 2. The van der Waals surface area contributed by atoms with Crippen LogP contribution in [0, 0.1) is 0 Å². The summed E-state index contributed by atoms with van der Waals surface area (Å²) in [6.07, 6.45) is 0. The van der Waals surface area contributed by atoms with E-state index in [-0.39, 0.29) is 5.91 Å². The van der Waals surface area contributed by atoms with Crippen LogP contribution in [0.15, 0.2) is 66.7 Å². The van der Waals surface area contributed by atoms with Crippen molar-refractivity contribution >= 4 is 63.4 Å². The number of aromatic nitrogens is 2. The highest BCUT2D eigenvalue weighted by Crippen LogP contribution is 2.36. The van der Waals surface area contributed by atoms with Crippen LogP contribution in [0.3, 0.4) is 0 Å². The Morgan fingerprint density at radius 3 is 2.23 bits per heavy atom. The van der Waals surface area contributed by atoms with Gasteiger partial charge in [0.2, 0.25) is 0 Å². The predicted molar refractivity (Wildman–Crippen MR) is 144 cm³/mol. The van der Waals surface area contributed by atoms with Gasteiger partial charge in [-0.1, -0.05) is 46.4 Å². The summed E-state index contributed by atoms with van der Waals surface area (Å²) in [5.41, 5.74) is 3.32. The van der Waals surface area contributed by atoms with Crippen molar-refractivity contribution in [3.8, 4) is 22.8 Å². The highest BCUT2D eigenvalue weighted by molar-refractivity contribution is 7.80. The number of rotatable bonds is 7. The van der Waals surface area contributed by atoms with E-state index >= 15 is 0 Å². The third-order valence-electron chi connectivity index (χ3n) is 4.86. The summed E-state index contributed by atoms with van der Waals surface area (Å²) in [7, 11) is 3.07. The lowest BCUT2D eigenvalue weighted by Gasteiger charge is -2.15. The van der Waals surface area contributed by atoms with Crippen molar-refractivity contribution in [2.24, 2.45) is 0 Å². The molecule has 0 bridgehead atoms. The molecular weight excluding hydrogens is 506 g/mol. The van der Waals surface area contributed by atoms with Gasteiger partial charge in [0, 0.05) is 23.0 Å². The first-order valence-electron chi connectivity index (χ1n) is 10.3. The number of nitrogens with one attached hydrogen (secondary N) is 3. The molecule has 1 amide bonds. The number of benzene rings is 3. The van der Waals surface area contributed by atoms with Gasteiger partial charge in [0.15, 0.2) is 5.11 Å². The van der Waals surface area contributed by atoms with Crippen molar-refractivity contribution in [1.29, 1.82) is 0 Å². The van der Waals surface area contributed by atoms with E-state index in [1.54, 1.807) is 43.5 Å². The monoisotopic (exact) mass is 525 g/mol. The first kappa shape index (κ1) is 24.4. The first-order chi connectivity index (χ1) is 17.0. The van der Waals surface area contributed by atoms with Gasteiger partial charge >= 0.3 is 0 Å². The Bertz CT molecular complexity index is 1350. The number of hydrogen-bond donors (Lipinski definition) is 3. The molecule has 0 radical (unpaired) electrons. The summed E-state index contributed by atoms with van der Waals surface area (Å²) < 4.78 is 14.5. The second-order valence-corrected chi connectivity index (χ2v) is 8.68. The molecule has 3 N–H and O–H groups in total. The van der Waals surface area contributed by atoms with Crippen molar-refractivity contribution in [1.82, 2.24) is 9.59 Å². The largest absolute Gasteiger partial charge is 0.495 e. The Morgan fingerprint density at radius 2 is 1.57 bits per heavy atom. The van der Waals surface area contributed by atoms with Crippen LogP contribution in [-0.4, -0.2) is 34.8 Å². The summed E-state index contributed by atoms with van der Waals surface area (Å²) in [6, 6.07) is 19.9. The number of amides is 1. The number of thiocarbonyl (C=S) groups is 1. The summed E-state index contributed by atoms with van der Waals surface area (Å²) in [5.74, 6) is 0.747. The lowest BCUT2D eigenvalue weighted by molar-refractivity contribution is 0.103. The van der Waals surface area contributed by atoms with Crippen LogP contribution in [0.5, 0.6) is 11.5 Å². The maximum Gasteiger partial charge on any atom is 0.269 e. The van der Waals surface area contributed by atoms with E-state index < -0.39 is 0 Å². The van der Waals surface area contributed by atoms with Crippen molar-refractivity contribution in [3.05, 3.63) is 76.6 Å². The molecule has 0 aliphatic heterocycles. The van der Waals surface area contributed by atoms with Crippen molar-refractivity contribution in [2.45, 2.75) is 0 Å². The lowest BCUT2D eigenvalue weighted by Crippen LogP contribution is -2.19. The second-order valence-electron chi connectivity index (χ2n) is 7.11. The maximum atomic E-state index is 12.8. The molecule has 8 nitrogen and oxygen atoms in total. The van der Waals surface area contributed by atoms with E-state index in [2.05, 4.69) is 25.5 Å². The van der Waals surface area contributed by atoms with Crippen molar-refractivity contribution in [2.75, 3.05) is 30.2 Å². The van der Waals surface area contributed by atoms with Crippen molar-refractivity contribution in [3.63, 3.8) is 0 Å². The standard InChI is InChI=1S/C24H20ClN5O3S2/c1-32-19-13-20(33-2)18(12-17(19)25)28-24(34)27-16-10-8-15(9-11-16)26-23(31)22-21(29-30-35-22)14-6-4-3-5-7-14/h3-13H,1-2H3,(H,26,31)(H2,27,28,34). The van der Waals surface area contributed by atoms with Gasteiger partial charge in [0.1, 0.15) is 22.1 Å². The van der Waals surface area contributed by atoms with E-state index in [4.69, 9.17) is 33.3 Å². The summed E-state index contributed by atoms with van der Waals surface area (Å²) in [6.45, 7) is 0. The van der Waals surface area contributed by atoms with Crippen LogP contribution in [-0.2, 0) is 0 Å². The average Bonchev–Trinajstić information content (AvgIpc) is 3.36. The van der Waals surface area contributed by atoms with E-state index in [1.807, 2.05) is 30.3 Å². The quantitative estimate of drug-likeness (QED) is 0.255. The summed E-state index contributed by atoms with van der Waals surface area (Å²) in [4.78, 5) is 13.3. The minimum Gasteiger partial charge on any atom is -0.495 e. The zero-order valence-electron chi connectivity index (χ0n) is 18.7. The third-order valence-corrected chi connectivity index (χ3v) is 6.09. The molecule has 11 heteroatoms.